The molecule has 0 saturated carbocycles. The number of anilines is 1. The molecule has 0 radical (unpaired) electrons. The summed E-state index contributed by atoms with van der Waals surface area (Å²) in [5.74, 6) is -0.958. The first-order valence-electron chi connectivity index (χ1n) is 8.78. The van der Waals surface area contributed by atoms with E-state index in [1.807, 2.05) is 13.8 Å². The molecule has 0 saturated heterocycles. The molecule has 148 valence electrons. The van der Waals surface area contributed by atoms with Gasteiger partial charge in [-0.3, -0.25) is 4.79 Å². The zero-order chi connectivity index (χ0) is 20.5. The van der Waals surface area contributed by atoms with E-state index in [2.05, 4.69) is 5.32 Å². The molecule has 0 aromatic heterocycles. The summed E-state index contributed by atoms with van der Waals surface area (Å²) in [6, 6.07) is 12.8. The van der Waals surface area contributed by atoms with E-state index in [4.69, 9.17) is 14.2 Å². The Morgan fingerprint density at radius 2 is 1.61 bits per heavy atom. The zero-order valence-corrected chi connectivity index (χ0v) is 16.1. The second kappa shape index (κ2) is 10.1. The van der Waals surface area contributed by atoms with Gasteiger partial charge in [0.2, 0.25) is 0 Å². The average molecular weight is 385 g/mol. The topological polar surface area (TPSA) is 90.9 Å². The van der Waals surface area contributed by atoms with E-state index in [0.717, 1.165) is 0 Å². The molecule has 0 spiro atoms. The predicted octanol–water partition coefficient (Wildman–Crippen LogP) is 3.30. The Labute approximate surface area is 163 Å². The number of hydrogen-bond donors (Lipinski definition) is 1. The monoisotopic (exact) mass is 385 g/mol. The van der Waals surface area contributed by atoms with Crippen molar-refractivity contribution < 1.29 is 28.6 Å². The molecular weight excluding hydrogens is 362 g/mol. The van der Waals surface area contributed by atoms with Gasteiger partial charge in [0.25, 0.3) is 5.91 Å². The highest BCUT2D eigenvalue weighted by Crippen LogP contribution is 2.18. The molecule has 0 fully saturated rings. The van der Waals surface area contributed by atoms with Gasteiger partial charge >= 0.3 is 11.9 Å². The number of nitrogens with one attached hydrogen (secondary N) is 1. The molecular formula is C21H23NO6. The maximum absolute atomic E-state index is 12.1. The van der Waals surface area contributed by atoms with Gasteiger partial charge in [0, 0.05) is 5.69 Å². The number of amides is 1. The minimum atomic E-state index is -0.657. The van der Waals surface area contributed by atoms with Gasteiger partial charge in [-0.1, -0.05) is 26.0 Å². The van der Waals surface area contributed by atoms with Crippen molar-refractivity contribution in [2.45, 2.75) is 13.8 Å². The van der Waals surface area contributed by atoms with Crippen LogP contribution in [0.1, 0.15) is 34.6 Å². The Kier molecular flexibility index (Phi) is 7.56. The number of rotatable bonds is 8. The summed E-state index contributed by atoms with van der Waals surface area (Å²) >= 11 is 0. The maximum Gasteiger partial charge on any atom is 0.342 e. The Morgan fingerprint density at radius 3 is 2.25 bits per heavy atom. The molecule has 7 heteroatoms. The van der Waals surface area contributed by atoms with E-state index < -0.39 is 24.5 Å². The normalized spacial score (nSPS) is 10.3. The summed E-state index contributed by atoms with van der Waals surface area (Å²) in [5.41, 5.74) is 1.10. The number of methoxy groups -OCH3 is 1. The highest BCUT2D eigenvalue weighted by Gasteiger charge is 2.15. The summed E-state index contributed by atoms with van der Waals surface area (Å²) in [6.07, 6.45) is 0. The van der Waals surface area contributed by atoms with Gasteiger partial charge in [0.05, 0.1) is 19.3 Å². The average Bonchev–Trinajstić information content (AvgIpc) is 2.70. The van der Waals surface area contributed by atoms with Crippen LogP contribution in [0.3, 0.4) is 0 Å². The van der Waals surface area contributed by atoms with Gasteiger partial charge in [0.15, 0.2) is 6.61 Å². The van der Waals surface area contributed by atoms with E-state index in [9.17, 15) is 14.4 Å². The lowest BCUT2D eigenvalue weighted by molar-refractivity contribution is -0.119. The van der Waals surface area contributed by atoms with Crippen LogP contribution in [0.4, 0.5) is 5.69 Å². The van der Waals surface area contributed by atoms with Crippen LogP contribution in [-0.2, 0) is 14.3 Å². The Bertz CT molecular complexity index is 829. The number of carbonyl (C=O) groups excluding carboxylic acids is 3. The summed E-state index contributed by atoms with van der Waals surface area (Å²) in [7, 11) is 1.45. The van der Waals surface area contributed by atoms with Crippen molar-refractivity contribution in [2.24, 2.45) is 5.92 Å². The number of esters is 2. The standard InChI is InChI=1S/C21H23NO6/c1-14(2)12-27-20(24)15-8-10-16(11-9-15)22-19(23)13-28-21(25)17-6-4-5-7-18(17)26-3/h4-11,14H,12-13H2,1-3H3,(H,22,23). The summed E-state index contributed by atoms with van der Waals surface area (Å²) < 4.78 is 15.2. The van der Waals surface area contributed by atoms with Crippen molar-refractivity contribution in [3.63, 3.8) is 0 Å². The van der Waals surface area contributed by atoms with Gasteiger partial charge in [0.1, 0.15) is 11.3 Å². The fourth-order valence-corrected chi connectivity index (χ4v) is 2.23. The maximum atomic E-state index is 12.1. The summed E-state index contributed by atoms with van der Waals surface area (Å²) in [5, 5.41) is 2.59. The van der Waals surface area contributed by atoms with Crippen LogP contribution in [-0.4, -0.2) is 38.2 Å². The van der Waals surface area contributed by atoms with Crippen molar-refractivity contribution in [3.8, 4) is 5.75 Å². The third-order valence-corrected chi connectivity index (χ3v) is 3.61. The lowest BCUT2D eigenvalue weighted by Gasteiger charge is -2.10. The molecule has 0 unspecified atom stereocenters. The quantitative estimate of drug-likeness (QED) is 0.701. The first-order chi connectivity index (χ1) is 13.4. The van der Waals surface area contributed by atoms with Crippen LogP contribution in [0.15, 0.2) is 48.5 Å². The fraction of sp³-hybridized carbons (Fsp3) is 0.286. The fourth-order valence-electron chi connectivity index (χ4n) is 2.23. The second-order valence-electron chi connectivity index (χ2n) is 6.39. The summed E-state index contributed by atoms with van der Waals surface area (Å²) in [4.78, 5) is 35.9. The molecule has 0 atom stereocenters. The predicted molar refractivity (Wildman–Crippen MR) is 103 cm³/mol. The van der Waals surface area contributed by atoms with Gasteiger partial charge in [-0.25, -0.2) is 9.59 Å². The molecule has 2 aromatic carbocycles. The number of para-hydroxylation sites is 1. The van der Waals surface area contributed by atoms with Gasteiger partial charge in [-0.2, -0.15) is 0 Å². The third kappa shape index (κ3) is 6.12. The molecule has 0 heterocycles. The van der Waals surface area contributed by atoms with E-state index in [1.165, 1.54) is 7.11 Å². The van der Waals surface area contributed by atoms with E-state index in [0.29, 0.717) is 23.6 Å². The molecule has 0 aliphatic carbocycles. The Morgan fingerprint density at radius 1 is 0.929 bits per heavy atom. The number of hydrogen-bond acceptors (Lipinski definition) is 6. The van der Waals surface area contributed by atoms with Crippen molar-refractivity contribution in [2.75, 3.05) is 25.6 Å². The molecule has 7 nitrogen and oxygen atoms in total. The molecule has 2 aromatic rings. The zero-order valence-electron chi connectivity index (χ0n) is 16.1. The molecule has 1 amide bonds. The van der Waals surface area contributed by atoms with Gasteiger partial charge in [-0.15, -0.1) is 0 Å². The van der Waals surface area contributed by atoms with Crippen molar-refractivity contribution in [1.29, 1.82) is 0 Å². The lowest BCUT2D eigenvalue weighted by Crippen LogP contribution is -2.21. The van der Waals surface area contributed by atoms with Crippen LogP contribution >= 0.6 is 0 Å². The highest BCUT2D eigenvalue weighted by atomic mass is 16.5. The molecule has 1 N–H and O–H groups in total. The van der Waals surface area contributed by atoms with Crippen molar-refractivity contribution >= 4 is 23.5 Å². The highest BCUT2D eigenvalue weighted by molar-refractivity contribution is 5.97. The first kappa shape index (κ1) is 21.0. The van der Waals surface area contributed by atoms with Crippen LogP contribution in [0.5, 0.6) is 5.75 Å². The molecule has 0 bridgehead atoms. The minimum Gasteiger partial charge on any atom is -0.496 e. The first-order valence-corrected chi connectivity index (χ1v) is 8.78. The number of ether oxygens (including phenoxy) is 3. The Hall–Kier alpha value is -3.35. The third-order valence-electron chi connectivity index (χ3n) is 3.61. The Balaban J connectivity index is 1.86. The smallest absolute Gasteiger partial charge is 0.342 e. The van der Waals surface area contributed by atoms with Gasteiger partial charge in [-0.05, 0) is 42.3 Å². The van der Waals surface area contributed by atoms with E-state index >= 15 is 0 Å². The van der Waals surface area contributed by atoms with Crippen molar-refractivity contribution in [1.82, 2.24) is 0 Å². The molecule has 0 aliphatic rings. The van der Waals surface area contributed by atoms with Gasteiger partial charge < -0.3 is 19.5 Å². The minimum absolute atomic E-state index is 0.238. The molecule has 0 aliphatic heterocycles. The van der Waals surface area contributed by atoms with Crippen LogP contribution in [0, 0.1) is 5.92 Å². The van der Waals surface area contributed by atoms with Crippen molar-refractivity contribution in [3.05, 3.63) is 59.7 Å². The van der Waals surface area contributed by atoms with Crippen LogP contribution < -0.4 is 10.1 Å². The van der Waals surface area contributed by atoms with Crippen LogP contribution in [0.2, 0.25) is 0 Å². The molecule has 2 rings (SSSR count). The lowest BCUT2D eigenvalue weighted by atomic mass is 10.2. The second-order valence-corrected chi connectivity index (χ2v) is 6.39. The van der Waals surface area contributed by atoms with E-state index in [-0.39, 0.29) is 11.5 Å². The summed E-state index contributed by atoms with van der Waals surface area (Å²) in [6.45, 7) is 3.79. The van der Waals surface area contributed by atoms with Crippen LogP contribution in [0.25, 0.3) is 0 Å². The number of benzene rings is 2. The largest absolute Gasteiger partial charge is 0.496 e. The van der Waals surface area contributed by atoms with E-state index in [1.54, 1.807) is 48.5 Å². The number of carbonyl (C=O) groups is 3. The molecule has 28 heavy (non-hydrogen) atoms. The SMILES string of the molecule is COc1ccccc1C(=O)OCC(=O)Nc1ccc(C(=O)OCC(C)C)cc1.